The molecule has 0 bridgehead atoms. The molecule has 0 radical (unpaired) electrons. The highest BCUT2D eigenvalue weighted by atomic mass is 16.1. The van der Waals surface area contributed by atoms with Crippen molar-refractivity contribution >= 4 is 11.0 Å². The van der Waals surface area contributed by atoms with Crippen LogP contribution in [0.25, 0.3) is 11.0 Å². The van der Waals surface area contributed by atoms with Gasteiger partial charge in [-0.25, -0.2) is 4.79 Å². The highest BCUT2D eigenvalue weighted by Crippen LogP contribution is 2.25. The van der Waals surface area contributed by atoms with Crippen LogP contribution in [0.2, 0.25) is 0 Å². The molecule has 0 aliphatic heterocycles. The van der Waals surface area contributed by atoms with Crippen LogP contribution in [0, 0.1) is 6.92 Å². The number of hydrogen-bond acceptors (Lipinski definition) is 1. The molecule has 0 atom stereocenters. The molecule has 0 aliphatic carbocycles. The molecule has 0 aliphatic rings. The topological polar surface area (TPSA) is 48.6 Å². The summed E-state index contributed by atoms with van der Waals surface area (Å²) in [6.07, 6.45) is 0. The zero-order valence-electron chi connectivity index (χ0n) is 8.64. The van der Waals surface area contributed by atoms with Gasteiger partial charge in [-0.05, 0) is 30.0 Å². The third-order valence-corrected chi connectivity index (χ3v) is 2.53. The summed E-state index contributed by atoms with van der Waals surface area (Å²) in [4.78, 5) is 16.8. The quantitative estimate of drug-likeness (QED) is 0.712. The fourth-order valence-electron chi connectivity index (χ4n) is 1.97. The summed E-state index contributed by atoms with van der Waals surface area (Å²) in [6.45, 7) is 6.33. The molecule has 1 heterocycles. The normalized spacial score (nSPS) is 11.4. The number of imidazole rings is 1. The average molecular weight is 190 g/mol. The highest BCUT2D eigenvalue weighted by molar-refractivity contribution is 5.80. The van der Waals surface area contributed by atoms with Crippen LogP contribution < -0.4 is 5.69 Å². The summed E-state index contributed by atoms with van der Waals surface area (Å²) >= 11 is 0. The summed E-state index contributed by atoms with van der Waals surface area (Å²) in [5, 5.41) is 0. The van der Waals surface area contributed by atoms with Crippen molar-refractivity contribution in [3.8, 4) is 0 Å². The van der Waals surface area contributed by atoms with Crippen molar-refractivity contribution in [2.24, 2.45) is 0 Å². The lowest BCUT2D eigenvalue weighted by Crippen LogP contribution is -2.00. The standard InChI is InChI=1S/C11H14N2O/c1-6(2)9-7(3)4-5-8-10(9)13-11(14)12-8/h4-6H,1-3H3,(H2,12,13,14). The fourth-order valence-corrected chi connectivity index (χ4v) is 1.97. The lowest BCUT2D eigenvalue weighted by atomic mass is 9.96. The van der Waals surface area contributed by atoms with E-state index in [0.717, 1.165) is 11.0 Å². The Labute approximate surface area is 82.2 Å². The van der Waals surface area contributed by atoms with E-state index in [1.165, 1.54) is 11.1 Å². The Morgan fingerprint density at radius 2 is 1.93 bits per heavy atom. The lowest BCUT2D eigenvalue weighted by molar-refractivity contribution is 0.863. The minimum Gasteiger partial charge on any atom is -0.306 e. The van der Waals surface area contributed by atoms with Crippen LogP contribution in [0.15, 0.2) is 16.9 Å². The van der Waals surface area contributed by atoms with E-state index in [2.05, 4.69) is 30.7 Å². The van der Waals surface area contributed by atoms with E-state index in [9.17, 15) is 4.79 Å². The van der Waals surface area contributed by atoms with E-state index >= 15 is 0 Å². The maximum Gasteiger partial charge on any atom is 0.323 e. The Bertz CT molecular complexity index is 520. The van der Waals surface area contributed by atoms with Crippen LogP contribution in [0.4, 0.5) is 0 Å². The van der Waals surface area contributed by atoms with Gasteiger partial charge in [0.05, 0.1) is 11.0 Å². The van der Waals surface area contributed by atoms with Crippen molar-refractivity contribution in [2.45, 2.75) is 26.7 Å². The maximum absolute atomic E-state index is 11.2. The smallest absolute Gasteiger partial charge is 0.306 e. The fraction of sp³-hybridized carbons (Fsp3) is 0.364. The van der Waals surface area contributed by atoms with Gasteiger partial charge in [0.25, 0.3) is 0 Å². The molecule has 2 rings (SSSR count). The van der Waals surface area contributed by atoms with Gasteiger partial charge in [-0.1, -0.05) is 19.9 Å². The molecule has 14 heavy (non-hydrogen) atoms. The second-order valence-corrected chi connectivity index (χ2v) is 3.95. The van der Waals surface area contributed by atoms with Gasteiger partial charge >= 0.3 is 5.69 Å². The van der Waals surface area contributed by atoms with Crippen molar-refractivity contribution < 1.29 is 0 Å². The molecule has 3 nitrogen and oxygen atoms in total. The second kappa shape index (κ2) is 3.01. The summed E-state index contributed by atoms with van der Waals surface area (Å²) < 4.78 is 0. The first kappa shape index (κ1) is 9.06. The number of benzene rings is 1. The Morgan fingerprint density at radius 1 is 1.21 bits per heavy atom. The minimum absolute atomic E-state index is 0.132. The number of aryl methyl sites for hydroxylation is 1. The number of hydrogen-bond donors (Lipinski definition) is 2. The van der Waals surface area contributed by atoms with Crippen LogP contribution in [-0.4, -0.2) is 9.97 Å². The van der Waals surface area contributed by atoms with Gasteiger partial charge in [0.15, 0.2) is 0 Å². The Morgan fingerprint density at radius 3 is 2.57 bits per heavy atom. The summed E-state index contributed by atoms with van der Waals surface area (Å²) in [5.41, 5.74) is 4.16. The van der Waals surface area contributed by atoms with Gasteiger partial charge in [0.1, 0.15) is 0 Å². The zero-order valence-corrected chi connectivity index (χ0v) is 8.64. The summed E-state index contributed by atoms with van der Waals surface area (Å²) in [5.74, 6) is 0.421. The number of aromatic amines is 2. The van der Waals surface area contributed by atoms with Gasteiger partial charge in [-0.3, -0.25) is 0 Å². The van der Waals surface area contributed by atoms with Crippen LogP contribution in [0.5, 0.6) is 0 Å². The number of aromatic nitrogens is 2. The SMILES string of the molecule is Cc1ccc2[nH]c(=O)[nH]c2c1C(C)C. The molecule has 0 amide bonds. The molecular formula is C11H14N2O. The number of fused-ring (bicyclic) bond motifs is 1. The van der Waals surface area contributed by atoms with Crippen LogP contribution >= 0.6 is 0 Å². The molecule has 3 heteroatoms. The zero-order chi connectivity index (χ0) is 10.3. The first-order valence-electron chi connectivity index (χ1n) is 4.81. The van der Waals surface area contributed by atoms with Gasteiger partial charge in [-0.2, -0.15) is 0 Å². The van der Waals surface area contributed by atoms with Crippen molar-refractivity contribution in [2.75, 3.05) is 0 Å². The molecule has 2 aromatic rings. The predicted molar refractivity (Wildman–Crippen MR) is 57.7 cm³/mol. The molecular weight excluding hydrogens is 176 g/mol. The highest BCUT2D eigenvalue weighted by Gasteiger charge is 2.10. The maximum atomic E-state index is 11.2. The van der Waals surface area contributed by atoms with E-state index in [0.29, 0.717) is 5.92 Å². The molecule has 74 valence electrons. The minimum atomic E-state index is -0.132. The first-order valence-corrected chi connectivity index (χ1v) is 4.81. The van der Waals surface area contributed by atoms with Crippen molar-refractivity contribution in [1.29, 1.82) is 0 Å². The molecule has 0 fully saturated rings. The van der Waals surface area contributed by atoms with Gasteiger partial charge in [0, 0.05) is 0 Å². The van der Waals surface area contributed by atoms with Gasteiger partial charge in [0.2, 0.25) is 0 Å². The molecule has 0 unspecified atom stereocenters. The van der Waals surface area contributed by atoms with E-state index in [1.807, 2.05) is 12.1 Å². The third-order valence-electron chi connectivity index (χ3n) is 2.53. The molecule has 2 N–H and O–H groups in total. The Kier molecular flexibility index (Phi) is 1.95. The molecule has 1 aromatic carbocycles. The van der Waals surface area contributed by atoms with E-state index in [1.54, 1.807) is 0 Å². The first-order chi connectivity index (χ1) is 6.59. The number of nitrogens with one attached hydrogen (secondary N) is 2. The number of H-pyrrole nitrogens is 2. The second-order valence-electron chi connectivity index (χ2n) is 3.95. The Balaban J connectivity index is 2.88. The van der Waals surface area contributed by atoms with E-state index in [-0.39, 0.29) is 5.69 Å². The molecule has 0 saturated carbocycles. The Hall–Kier alpha value is -1.51. The monoisotopic (exact) mass is 190 g/mol. The van der Waals surface area contributed by atoms with Crippen molar-refractivity contribution in [3.63, 3.8) is 0 Å². The summed E-state index contributed by atoms with van der Waals surface area (Å²) in [6, 6.07) is 3.98. The largest absolute Gasteiger partial charge is 0.323 e. The number of rotatable bonds is 1. The summed E-state index contributed by atoms with van der Waals surface area (Å²) in [7, 11) is 0. The molecule has 1 aromatic heterocycles. The van der Waals surface area contributed by atoms with E-state index < -0.39 is 0 Å². The van der Waals surface area contributed by atoms with Crippen LogP contribution in [-0.2, 0) is 0 Å². The van der Waals surface area contributed by atoms with Gasteiger partial charge in [-0.15, -0.1) is 0 Å². The molecule has 0 spiro atoms. The van der Waals surface area contributed by atoms with Crippen LogP contribution in [0.3, 0.4) is 0 Å². The van der Waals surface area contributed by atoms with Crippen LogP contribution in [0.1, 0.15) is 30.9 Å². The van der Waals surface area contributed by atoms with Crippen molar-refractivity contribution in [1.82, 2.24) is 9.97 Å². The molecule has 0 saturated heterocycles. The lowest BCUT2D eigenvalue weighted by Gasteiger charge is -2.10. The predicted octanol–water partition coefficient (Wildman–Crippen LogP) is 2.29. The van der Waals surface area contributed by atoms with Crippen molar-refractivity contribution in [3.05, 3.63) is 33.7 Å². The van der Waals surface area contributed by atoms with Gasteiger partial charge < -0.3 is 9.97 Å². The third kappa shape index (κ3) is 1.25. The average Bonchev–Trinajstić information content (AvgIpc) is 2.43. The van der Waals surface area contributed by atoms with E-state index in [4.69, 9.17) is 0 Å².